The van der Waals surface area contributed by atoms with E-state index in [1.165, 1.54) is 0 Å². The molecule has 2 N–H and O–H groups in total. The van der Waals surface area contributed by atoms with Crippen LogP contribution in [0.25, 0.3) is 0 Å². The van der Waals surface area contributed by atoms with Crippen LogP contribution in [0.3, 0.4) is 0 Å². The molecule has 0 saturated carbocycles. The Labute approximate surface area is 110 Å². The number of phenolic OH excluding ortho intramolecular Hbond substituents is 1. The second-order valence-electron chi connectivity index (χ2n) is 3.92. The molecule has 0 aliphatic carbocycles. The van der Waals surface area contributed by atoms with Crippen molar-refractivity contribution in [1.29, 1.82) is 0 Å². The molecule has 0 saturated heterocycles. The molecule has 0 aliphatic rings. The highest BCUT2D eigenvalue weighted by molar-refractivity contribution is 6.00. The predicted octanol–water partition coefficient (Wildman–Crippen LogP) is 1.94. The normalized spacial score (nSPS) is 11.1. The molecular formula is C14H13N3O2. The summed E-state index contributed by atoms with van der Waals surface area (Å²) in [7, 11) is 0. The fourth-order valence-electron chi connectivity index (χ4n) is 1.47. The highest BCUT2D eigenvalue weighted by Gasteiger charge is 2.03. The van der Waals surface area contributed by atoms with Gasteiger partial charge >= 0.3 is 0 Å². The van der Waals surface area contributed by atoms with E-state index in [1.54, 1.807) is 55.7 Å². The maximum Gasteiger partial charge on any atom is 0.271 e. The van der Waals surface area contributed by atoms with Crippen LogP contribution in [0.2, 0.25) is 0 Å². The number of amides is 1. The number of benzene rings is 1. The molecular weight excluding hydrogens is 242 g/mol. The standard InChI is InChI=1S/C14H13N3O2/c1-10(11-2-4-13(18)5-3-11)16-17-14(19)12-6-8-15-9-7-12/h2-9,18H,1H3,(H,17,19)/b16-10+. The third kappa shape index (κ3) is 3.38. The highest BCUT2D eigenvalue weighted by atomic mass is 16.3. The van der Waals surface area contributed by atoms with Crippen molar-refractivity contribution in [3.63, 3.8) is 0 Å². The van der Waals surface area contributed by atoms with E-state index in [0.29, 0.717) is 11.3 Å². The van der Waals surface area contributed by atoms with Crippen LogP contribution in [-0.4, -0.2) is 21.7 Å². The van der Waals surface area contributed by atoms with Crippen molar-refractivity contribution in [2.75, 3.05) is 0 Å². The molecule has 5 nitrogen and oxygen atoms in total. The minimum absolute atomic E-state index is 0.192. The first-order valence-electron chi connectivity index (χ1n) is 5.71. The molecule has 0 atom stereocenters. The van der Waals surface area contributed by atoms with Gasteiger partial charge in [-0.2, -0.15) is 5.10 Å². The van der Waals surface area contributed by atoms with E-state index in [1.807, 2.05) is 0 Å². The predicted molar refractivity (Wildman–Crippen MR) is 72.0 cm³/mol. The summed E-state index contributed by atoms with van der Waals surface area (Å²) in [4.78, 5) is 15.6. The third-order valence-corrected chi connectivity index (χ3v) is 2.55. The van der Waals surface area contributed by atoms with E-state index in [0.717, 1.165) is 5.56 Å². The molecule has 0 spiro atoms. The number of carbonyl (C=O) groups is 1. The number of nitrogens with one attached hydrogen (secondary N) is 1. The van der Waals surface area contributed by atoms with E-state index in [2.05, 4.69) is 15.5 Å². The molecule has 1 heterocycles. The molecule has 1 aromatic carbocycles. The first-order chi connectivity index (χ1) is 9.16. The number of aromatic nitrogens is 1. The zero-order valence-electron chi connectivity index (χ0n) is 10.4. The lowest BCUT2D eigenvalue weighted by molar-refractivity contribution is 0.0954. The molecule has 0 aliphatic heterocycles. The average molecular weight is 255 g/mol. The summed E-state index contributed by atoms with van der Waals surface area (Å²) in [6.45, 7) is 1.78. The van der Waals surface area contributed by atoms with Gasteiger partial charge in [-0.3, -0.25) is 9.78 Å². The van der Waals surface area contributed by atoms with E-state index in [9.17, 15) is 9.90 Å². The molecule has 19 heavy (non-hydrogen) atoms. The van der Waals surface area contributed by atoms with Crippen LogP contribution in [0.1, 0.15) is 22.8 Å². The minimum atomic E-state index is -0.291. The number of hydrogen-bond donors (Lipinski definition) is 2. The molecule has 0 unspecified atom stereocenters. The number of phenols is 1. The Hall–Kier alpha value is -2.69. The molecule has 1 aromatic heterocycles. The average Bonchev–Trinajstić information content (AvgIpc) is 2.46. The molecule has 5 heteroatoms. The minimum Gasteiger partial charge on any atom is -0.508 e. The monoisotopic (exact) mass is 255 g/mol. The number of hydrogen-bond acceptors (Lipinski definition) is 4. The van der Waals surface area contributed by atoms with Crippen molar-refractivity contribution in [3.05, 3.63) is 59.9 Å². The van der Waals surface area contributed by atoms with Gasteiger partial charge in [0.25, 0.3) is 5.91 Å². The SMILES string of the molecule is C/C(=N\NC(=O)c1ccncc1)c1ccc(O)cc1. The summed E-state index contributed by atoms with van der Waals surface area (Å²) in [6, 6.07) is 9.82. The van der Waals surface area contributed by atoms with Crippen LogP contribution >= 0.6 is 0 Å². The van der Waals surface area contributed by atoms with Crippen LogP contribution in [0, 0.1) is 0 Å². The zero-order chi connectivity index (χ0) is 13.7. The molecule has 96 valence electrons. The quantitative estimate of drug-likeness (QED) is 0.650. The fraction of sp³-hybridized carbons (Fsp3) is 0.0714. The first kappa shape index (κ1) is 12.8. The number of aromatic hydroxyl groups is 1. The van der Waals surface area contributed by atoms with Crippen molar-refractivity contribution in [1.82, 2.24) is 10.4 Å². The Morgan fingerprint density at radius 2 is 1.74 bits per heavy atom. The lowest BCUT2D eigenvalue weighted by Gasteiger charge is -2.03. The first-order valence-corrected chi connectivity index (χ1v) is 5.71. The molecule has 0 radical (unpaired) electrons. The van der Waals surface area contributed by atoms with Crippen molar-refractivity contribution in [3.8, 4) is 5.75 Å². The van der Waals surface area contributed by atoms with Crippen LogP contribution in [-0.2, 0) is 0 Å². The van der Waals surface area contributed by atoms with Gasteiger partial charge in [-0.15, -0.1) is 0 Å². The number of nitrogens with zero attached hydrogens (tertiary/aromatic N) is 2. The number of pyridine rings is 1. The zero-order valence-corrected chi connectivity index (χ0v) is 10.4. The van der Waals surface area contributed by atoms with E-state index in [-0.39, 0.29) is 11.7 Å². The Morgan fingerprint density at radius 3 is 2.37 bits per heavy atom. The van der Waals surface area contributed by atoms with Gasteiger partial charge in [0.05, 0.1) is 5.71 Å². The lowest BCUT2D eigenvalue weighted by Crippen LogP contribution is -2.19. The molecule has 0 bridgehead atoms. The van der Waals surface area contributed by atoms with Gasteiger partial charge in [0.2, 0.25) is 0 Å². The Balaban J connectivity index is 2.06. The summed E-state index contributed by atoms with van der Waals surface area (Å²) in [5.41, 5.74) is 4.45. The fourth-order valence-corrected chi connectivity index (χ4v) is 1.47. The van der Waals surface area contributed by atoms with Crippen molar-refractivity contribution in [2.24, 2.45) is 5.10 Å². The third-order valence-electron chi connectivity index (χ3n) is 2.55. The van der Waals surface area contributed by atoms with Crippen LogP contribution in [0.15, 0.2) is 53.9 Å². The lowest BCUT2D eigenvalue weighted by atomic mass is 10.1. The van der Waals surface area contributed by atoms with Gasteiger partial charge in [0.15, 0.2) is 0 Å². The maximum absolute atomic E-state index is 11.7. The Bertz CT molecular complexity index is 592. The van der Waals surface area contributed by atoms with Gasteiger partial charge in [-0.25, -0.2) is 5.43 Å². The van der Waals surface area contributed by atoms with Gasteiger partial charge in [-0.1, -0.05) is 0 Å². The highest BCUT2D eigenvalue weighted by Crippen LogP contribution is 2.10. The van der Waals surface area contributed by atoms with Crippen LogP contribution in [0.5, 0.6) is 5.75 Å². The van der Waals surface area contributed by atoms with E-state index < -0.39 is 0 Å². The molecule has 2 aromatic rings. The van der Waals surface area contributed by atoms with Gasteiger partial charge < -0.3 is 5.11 Å². The Morgan fingerprint density at radius 1 is 1.11 bits per heavy atom. The Kier molecular flexibility index (Phi) is 3.87. The number of carbonyl (C=O) groups excluding carboxylic acids is 1. The van der Waals surface area contributed by atoms with Crippen molar-refractivity contribution >= 4 is 11.6 Å². The maximum atomic E-state index is 11.7. The van der Waals surface area contributed by atoms with Gasteiger partial charge in [0.1, 0.15) is 5.75 Å². The second kappa shape index (κ2) is 5.77. The number of hydrazone groups is 1. The topological polar surface area (TPSA) is 74.6 Å². The second-order valence-corrected chi connectivity index (χ2v) is 3.92. The summed E-state index contributed by atoms with van der Waals surface area (Å²) in [5, 5.41) is 13.2. The molecule has 2 rings (SSSR count). The van der Waals surface area contributed by atoms with E-state index >= 15 is 0 Å². The smallest absolute Gasteiger partial charge is 0.271 e. The summed E-state index contributed by atoms with van der Waals surface area (Å²) in [6.07, 6.45) is 3.09. The van der Waals surface area contributed by atoms with Gasteiger partial charge in [0, 0.05) is 18.0 Å². The van der Waals surface area contributed by atoms with Crippen molar-refractivity contribution in [2.45, 2.75) is 6.92 Å². The molecule has 1 amide bonds. The molecule has 0 fully saturated rings. The van der Waals surface area contributed by atoms with Crippen LogP contribution in [0.4, 0.5) is 0 Å². The van der Waals surface area contributed by atoms with Gasteiger partial charge in [-0.05, 0) is 48.9 Å². The summed E-state index contributed by atoms with van der Waals surface area (Å²) in [5.74, 6) is -0.0992. The van der Waals surface area contributed by atoms with Crippen LogP contribution < -0.4 is 5.43 Å². The van der Waals surface area contributed by atoms with Crippen molar-refractivity contribution < 1.29 is 9.90 Å². The number of rotatable bonds is 3. The summed E-state index contributed by atoms with van der Waals surface area (Å²) < 4.78 is 0. The largest absolute Gasteiger partial charge is 0.508 e. The van der Waals surface area contributed by atoms with E-state index in [4.69, 9.17) is 0 Å². The summed E-state index contributed by atoms with van der Waals surface area (Å²) >= 11 is 0.